The fraction of sp³-hybridized carbons (Fsp3) is 0.364. The Morgan fingerprint density at radius 3 is 2.78 bits per heavy atom. The van der Waals surface area contributed by atoms with Gasteiger partial charge in [-0.1, -0.05) is 0 Å². The van der Waals surface area contributed by atoms with E-state index in [2.05, 4.69) is 10.3 Å². The molecule has 2 N–H and O–H groups in total. The average molecular weight is 251 g/mol. The van der Waals surface area contributed by atoms with E-state index in [0.29, 0.717) is 32.0 Å². The number of rotatable bonds is 2. The summed E-state index contributed by atoms with van der Waals surface area (Å²) >= 11 is 0. The molecule has 0 bridgehead atoms. The van der Waals surface area contributed by atoms with Gasteiger partial charge in [-0.05, 0) is 12.1 Å². The number of anilines is 1. The van der Waals surface area contributed by atoms with Crippen LogP contribution >= 0.6 is 0 Å². The Bertz CT molecular complexity index is 457. The summed E-state index contributed by atoms with van der Waals surface area (Å²) in [6.07, 6.45) is 0.227. The topological polar surface area (TPSA) is 91.8 Å². The highest BCUT2D eigenvalue weighted by Gasteiger charge is 2.19. The number of hydrogen-bond acceptors (Lipinski definition) is 4. The minimum atomic E-state index is -1.18. The molecule has 1 aromatic heterocycles. The van der Waals surface area contributed by atoms with Gasteiger partial charge in [0.15, 0.2) is 0 Å². The molecule has 7 nitrogen and oxygen atoms in total. The van der Waals surface area contributed by atoms with E-state index in [0.717, 1.165) is 0 Å². The van der Waals surface area contributed by atoms with Crippen LogP contribution in [0.15, 0.2) is 18.3 Å². The first-order chi connectivity index (χ1) is 8.66. The van der Waals surface area contributed by atoms with E-state index in [9.17, 15) is 9.59 Å². The van der Waals surface area contributed by atoms with Gasteiger partial charge < -0.3 is 14.7 Å². The number of aromatic nitrogens is 1. The lowest BCUT2D eigenvalue weighted by atomic mass is 10.2. The van der Waals surface area contributed by atoms with E-state index < -0.39 is 6.09 Å². The number of ether oxygens (including phenoxy) is 1. The summed E-state index contributed by atoms with van der Waals surface area (Å²) in [6, 6.07) is 2.91. The molecule has 2 heterocycles. The Morgan fingerprint density at radius 1 is 1.39 bits per heavy atom. The van der Waals surface area contributed by atoms with Gasteiger partial charge in [0.25, 0.3) is 5.91 Å². The molecule has 1 fully saturated rings. The summed E-state index contributed by atoms with van der Waals surface area (Å²) in [7, 11) is 0. The van der Waals surface area contributed by atoms with Gasteiger partial charge in [-0.25, -0.2) is 4.79 Å². The molecule has 0 saturated carbocycles. The van der Waals surface area contributed by atoms with Crippen LogP contribution in [-0.4, -0.2) is 53.3 Å². The summed E-state index contributed by atoms with van der Waals surface area (Å²) in [4.78, 5) is 28.2. The summed E-state index contributed by atoms with van der Waals surface area (Å²) < 4.78 is 5.16. The SMILES string of the molecule is O=C(O)Nc1ccnc(C(=O)N2CCOCC2)c1. The van der Waals surface area contributed by atoms with Gasteiger partial charge in [0.1, 0.15) is 5.69 Å². The maximum atomic E-state index is 12.1. The van der Waals surface area contributed by atoms with E-state index >= 15 is 0 Å². The summed E-state index contributed by atoms with van der Waals surface area (Å²) in [6.45, 7) is 2.08. The molecule has 0 unspecified atom stereocenters. The van der Waals surface area contributed by atoms with E-state index in [4.69, 9.17) is 9.84 Å². The molecule has 1 saturated heterocycles. The van der Waals surface area contributed by atoms with Crippen LogP contribution in [0, 0.1) is 0 Å². The first-order valence-electron chi connectivity index (χ1n) is 5.50. The molecule has 1 aliphatic heterocycles. The van der Waals surface area contributed by atoms with Crippen molar-refractivity contribution in [3.05, 3.63) is 24.0 Å². The number of carboxylic acid groups (broad SMARTS) is 1. The number of carbonyl (C=O) groups is 2. The lowest BCUT2D eigenvalue weighted by Gasteiger charge is -2.26. The van der Waals surface area contributed by atoms with Crippen LogP contribution in [0.3, 0.4) is 0 Å². The molecule has 2 amide bonds. The van der Waals surface area contributed by atoms with Crippen molar-refractivity contribution in [1.29, 1.82) is 0 Å². The lowest BCUT2D eigenvalue weighted by Crippen LogP contribution is -2.41. The maximum absolute atomic E-state index is 12.1. The van der Waals surface area contributed by atoms with Gasteiger partial charge in [-0.15, -0.1) is 0 Å². The molecule has 18 heavy (non-hydrogen) atoms. The minimum absolute atomic E-state index is 0.215. The number of pyridine rings is 1. The Morgan fingerprint density at radius 2 is 2.11 bits per heavy atom. The van der Waals surface area contributed by atoms with Crippen molar-refractivity contribution < 1.29 is 19.4 Å². The van der Waals surface area contributed by atoms with Crippen molar-refractivity contribution >= 4 is 17.7 Å². The molecule has 0 radical (unpaired) electrons. The highest BCUT2D eigenvalue weighted by atomic mass is 16.5. The minimum Gasteiger partial charge on any atom is -0.465 e. The van der Waals surface area contributed by atoms with Crippen LogP contribution in [-0.2, 0) is 4.74 Å². The fourth-order valence-electron chi connectivity index (χ4n) is 1.68. The standard InChI is InChI=1S/C11H13N3O4/c15-10(14-3-5-18-6-4-14)9-7-8(1-2-12-9)13-11(16)17/h1-2,7H,3-6H2,(H,12,13)(H,16,17). The monoisotopic (exact) mass is 251 g/mol. The first-order valence-corrected chi connectivity index (χ1v) is 5.50. The third-order valence-corrected chi connectivity index (χ3v) is 2.53. The van der Waals surface area contributed by atoms with Crippen molar-refractivity contribution in [3.8, 4) is 0 Å². The second-order valence-electron chi connectivity index (χ2n) is 3.76. The second kappa shape index (κ2) is 5.46. The molecular weight excluding hydrogens is 238 g/mol. The highest BCUT2D eigenvalue weighted by molar-refractivity contribution is 5.94. The highest BCUT2D eigenvalue weighted by Crippen LogP contribution is 2.11. The van der Waals surface area contributed by atoms with Gasteiger partial charge in [0, 0.05) is 25.0 Å². The number of amides is 2. The molecule has 0 spiro atoms. The van der Waals surface area contributed by atoms with E-state index in [1.165, 1.54) is 18.3 Å². The summed E-state index contributed by atoms with van der Waals surface area (Å²) in [5, 5.41) is 10.8. The zero-order valence-corrected chi connectivity index (χ0v) is 9.63. The van der Waals surface area contributed by atoms with Crippen LogP contribution < -0.4 is 5.32 Å². The lowest BCUT2D eigenvalue weighted by molar-refractivity contribution is 0.0299. The summed E-state index contributed by atoms with van der Waals surface area (Å²) in [5.41, 5.74) is 0.553. The van der Waals surface area contributed by atoms with Crippen molar-refractivity contribution in [2.75, 3.05) is 31.6 Å². The Kier molecular flexibility index (Phi) is 3.73. The first kappa shape index (κ1) is 12.3. The van der Waals surface area contributed by atoms with Crippen LogP contribution in [0.4, 0.5) is 10.5 Å². The summed E-state index contributed by atoms with van der Waals surface area (Å²) in [5.74, 6) is -0.215. The molecule has 0 aromatic carbocycles. The normalized spacial score (nSPS) is 15.2. The Labute approximate surface area is 103 Å². The Balaban J connectivity index is 2.11. The van der Waals surface area contributed by atoms with Gasteiger partial charge in [0.05, 0.1) is 13.2 Å². The third-order valence-electron chi connectivity index (χ3n) is 2.53. The largest absolute Gasteiger partial charge is 0.465 e. The third kappa shape index (κ3) is 2.95. The van der Waals surface area contributed by atoms with Crippen LogP contribution in [0.2, 0.25) is 0 Å². The van der Waals surface area contributed by atoms with E-state index in [1.807, 2.05) is 0 Å². The predicted octanol–water partition coefficient (Wildman–Crippen LogP) is 0.644. The van der Waals surface area contributed by atoms with Gasteiger partial charge in [-0.2, -0.15) is 0 Å². The van der Waals surface area contributed by atoms with Gasteiger partial charge >= 0.3 is 6.09 Å². The number of morpholine rings is 1. The maximum Gasteiger partial charge on any atom is 0.409 e. The molecule has 1 aliphatic rings. The smallest absolute Gasteiger partial charge is 0.409 e. The van der Waals surface area contributed by atoms with Crippen molar-refractivity contribution in [2.24, 2.45) is 0 Å². The number of nitrogens with zero attached hydrogens (tertiary/aromatic N) is 2. The number of hydrogen-bond donors (Lipinski definition) is 2. The quantitative estimate of drug-likeness (QED) is 0.805. The molecule has 96 valence electrons. The van der Waals surface area contributed by atoms with Crippen molar-refractivity contribution in [1.82, 2.24) is 9.88 Å². The molecule has 0 aliphatic carbocycles. The molecule has 1 aromatic rings. The van der Waals surface area contributed by atoms with Crippen molar-refractivity contribution in [2.45, 2.75) is 0 Å². The van der Waals surface area contributed by atoms with Gasteiger partial charge in [-0.3, -0.25) is 15.1 Å². The zero-order chi connectivity index (χ0) is 13.0. The molecule has 7 heteroatoms. The number of carbonyl (C=O) groups excluding carboxylic acids is 1. The van der Waals surface area contributed by atoms with Gasteiger partial charge in [0.2, 0.25) is 0 Å². The average Bonchev–Trinajstić information content (AvgIpc) is 2.38. The predicted molar refractivity (Wildman–Crippen MR) is 62.6 cm³/mol. The van der Waals surface area contributed by atoms with Crippen LogP contribution in [0.25, 0.3) is 0 Å². The number of nitrogens with one attached hydrogen (secondary N) is 1. The molecule has 0 atom stereocenters. The van der Waals surface area contributed by atoms with E-state index in [1.54, 1.807) is 4.90 Å². The Hall–Kier alpha value is -2.15. The molecule has 2 rings (SSSR count). The second-order valence-corrected chi connectivity index (χ2v) is 3.76. The fourth-order valence-corrected chi connectivity index (χ4v) is 1.68. The van der Waals surface area contributed by atoms with E-state index in [-0.39, 0.29) is 11.6 Å². The molecular formula is C11H13N3O4. The van der Waals surface area contributed by atoms with Crippen LogP contribution in [0.1, 0.15) is 10.5 Å². The van der Waals surface area contributed by atoms with Crippen LogP contribution in [0.5, 0.6) is 0 Å². The van der Waals surface area contributed by atoms with Crippen molar-refractivity contribution in [3.63, 3.8) is 0 Å². The zero-order valence-electron chi connectivity index (χ0n) is 9.63.